The van der Waals surface area contributed by atoms with E-state index in [0.29, 0.717) is 33.9 Å². The van der Waals surface area contributed by atoms with E-state index in [0.717, 1.165) is 26.4 Å². The Morgan fingerprint density at radius 3 is 2.47 bits per heavy atom. The molecule has 13 heteroatoms. The number of pyridine rings is 1. The van der Waals surface area contributed by atoms with E-state index >= 15 is 4.39 Å². The monoisotopic (exact) mass is 616 g/mol. The average Bonchev–Trinajstić information content (AvgIpc) is 2.98. The molecule has 0 radical (unpaired) electrons. The number of thiol groups is 1. The van der Waals surface area contributed by atoms with Crippen LogP contribution in [0.3, 0.4) is 0 Å². The Morgan fingerprint density at radius 2 is 1.79 bits per heavy atom. The second kappa shape index (κ2) is 14.0. The standard InChI is InChI=1S/C26H27FN6O3S.C4H8F2/c1-15-12-17(14-28-13-15)31-26-30-11-9-21(32-26)20-8-5-10-29-25(20)36-24-16(2)22(27)23(33-37(34)35)18-6-3-4-7-19(18)24;1-3-4(2,5)6/h3-11,15,17,28,37H,12-14H2,1-2H3,(H,30,31,32)(H,33,34,35);3H2,1-2H3/t15-,17+;/m1./s1. The average molecular weight is 617 g/mol. The van der Waals surface area contributed by atoms with Crippen molar-refractivity contribution in [2.24, 2.45) is 5.92 Å². The second-order valence-electron chi connectivity index (χ2n) is 10.5. The van der Waals surface area contributed by atoms with Crippen molar-refractivity contribution in [1.82, 2.24) is 20.3 Å². The van der Waals surface area contributed by atoms with Crippen molar-refractivity contribution < 1.29 is 26.3 Å². The van der Waals surface area contributed by atoms with Crippen LogP contribution in [0.25, 0.3) is 22.0 Å². The van der Waals surface area contributed by atoms with Crippen LogP contribution in [0.1, 0.15) is 39.2 Å². The fourth-order valence-electron chi connectivity index (χ4n) is 4.63. The molecule has 0 saturated carbocycles. The molecule has 0 amide bonds. The number of rotatable bonds is 8. The van der Waals surface area contributed by atoms with Crippen LogP contribution in [0.2, 0.25) is 0 Å². The van der Waals surface area contributed by atoms with E-state index in [-0.39, 0.29) is 35.3 Å². The number of hydrogen-bond acceptors (Lipinski definition) is 8. The van der Waals surface area contributed by atoms with Crippen molar-refractivity contribution in [3.8, 4) is 22.9 Å². The molecule has 4 aromatic rings. The molecule has 1 saturated heterocycles. The van der Waals surface area contributed by atoms with Crippen molar-refractivity contribution in [3.63, 3.8) is 0 Å². The van der Waals surface area contributed by atoms with Gasteiger partial charge in [0.2, 0.25) is 28.6 Å². The number of benzene rings is 2. The van der Waals surface area contributed by atoms with E-state index in [9.17, 15) is 17.2 Å². The summed E-state index contributed by atoms with van der Waals surface area (Å²) in [7, 11) is -3.05. The van der Waals surface area contributed by atoms with Crippen LogP contribution in [-0.2, 0) is 10.9 Å². The zero-order valence-corrected chi connectivity index (χ0v) is 25.2. The molecular weight excluding hydrogens is 581 g/mol. The van der Waals surface area contributed by atoms with Crippen molar-refractivity contribution in [3.05, 3.63) is 66.2 Å². The van der Waals surface area contributed by atoms with Crippen LogP contribution in [0.4, 0.5) is 24.8 Å². The first kappa shape index (κ1) is 32.0. The lowest BCUT2D eigenvalue weighted by Crippen LogP contribution is -2.42. The molecule has 0 unspecified atom stereocenters. The van der Waals surface area contributed by atoms with Gasteiger partial charge in [-0.1, -0.05) is 38.1 Å². The molecule has 0 aliphatic carbocycles. The number of aromatic nitrogens is 3. The molecule has 2 aromatic heterocycles. The van der Waals surface area contributed by atoms with Crippen LogP contribution >= 0.6 is 0 Å². The molecule has 230 valence electrons. The predicted octanol–water partition coefficient (Wildman–Crippen LogP) is 6.33. The molecule has 1 aliphatic rings. The van der Waals surface area contributed by atoms with Gasteiger partial charge >= 0.3 is 0 Å². The minimum absolute atomic E-state index is 0.0625. The summed E-state index contributed by atoms with van der Waals surface area (Å²) in [5.41, 5.74) is 1.24. The van der Waals surface area contributed by atoms with Gasteiger partial charge in [0.25, 0.3) is 0 Å². The minimum Gasteiger partial charge on any atom is -0.437 e. The largest absolute Gasteiger partial charge is 0.437 e. The Balaban J connectivity index is 0.000000641. The van der Waals surface area contributed by atoms with Gasteiger partial charge in [-0.2, -0.15) is 0 Å². The van der Waals surface area contributed by atoms with Crippen LogP contribution < -0.4 is 20.1 Å². The smallest absolute Gasteiger partial charge is 0.245 e. The van der Waals surface area contributed by atoms with E-state index < -0.39 is 22.6 Å². The number of fused-ring (bicyclic) bond motifs is 1. The summed E-state index contributed by atoms with van der Waals surface area (Å²) in [5, 5.41) is 7.73. The minimum atomic E-state index is -3.05. The van der Waals surface area contributed by atoms with Crippen LogP contribution in [-0.4, -0.2) is 48.4 Å². The number of nitrogens with zero attached hydrogens (tertiary/aromatic N) is 3. The summed E-state index contributed by atoms with van der Waals surface area (Å²) >= 11 is 0. The fourth-order valence-corrected chi connectivity index (χ4v) is 5.03. The first-order valence-electron chi connectivity index (χ1n) is 13.9. The Hall–Kier alpha value is -3.97. The van der Waals surface area contributed by atoms with E-state index in [1.165, 1.54) is 13.8 Å². The molecule has 0 bridgehead atoms. The maximum absolute atomic E-state index is 15.3. The highest BCUT2D eigenvalue weighted by atomic mass is 32.2. The maximum atomic E-state index is 15.3. The van der Waals surface area contributed by atoms with Gasteiger partial charge in [-0.05, 0) is 50.9 Å². The number of halogens is 3. The van der Waals surface area contributed by atoms with Gasteiger partial charge in [-0.15, -0.1) is 0 Å². The van der Waals surface area contributed by atoms with Crippen molar-refractivity contribution >= 4 is 33.3 Å². The molecule has 3 N–H and O–H groups in total. The number of ether oxygens (including phenoxy) is 1. The Morgan fingerprint density at radius 1 is 1.07 bits per heavy atom. The van der Waals surface area contributed by atoms with Gasteiger partial charge in [0, 0.05) is 47.7 Å². The topological polar surface area (TPSA) is 118 Å². The number of alkyl halides is 2. The normalized spacial score (nSPS) is 16.8. The highest BCUT2D eigenvalue weighted by molar-refractivity contribution is 7.73. The molecule has 3 heterocycles. The molecule has 9 nitrogen and oxygen atoms in total. The van der Waals surface area contributed by atoms with E-state index in [2.05, 4.69) is 32.2 Å². The van der Waals surface area contributed by atoms with Crippen molar-refractivity contribution in [2.45, 2.75) is 52.5 Å². The summed E-state index contributed by atoms with van der Waals surface area (Å²) in [6.07, 6.45) is 4.21. The lowest BCUT2D eigenvalue weighted by atomic mass is 9.98. The SMILES string of the molecule is CCC(C)(F)F.Cc1c(F)c(N[SH](=O)=O)c2ccccc2c1Oc1ncccc1-c1ccnc(N[C@@H]2CNC[C@H](C)C2)n1. The summed E-state index contributed by atoms with van der Waals surface area (Å²) in [6.45, 7) is 7.94. The molecule has 1 aliphatic heterocycles. The van der Waals surface area contributed by atoms with Gasteiger partial charge < -0.3 is 15.4 Å². The van der Waals surface area contributed by atoms with Crippen molar-refractivity contribution in [1.29, 1.82) is 0 Å². The third-order valence-corrected chi connectivity index (χ3v) is 7.37. The Labute approximate surface area is 250 Å². The highest BCUT2D eigenvalue weighted by Crippen LogP contribution is 2.41. The Kier molecular flexibility index (Phi) is 10.4. The molecule has 2 atom stereocenters. The van der Waals surface area contributed by atoms with Crippen LogP contribution in [0.15, 0.2) is 54.9 Å². The second-order valence-corrected chi connectivity index (χ2v) is 11.3. The van der Waals surface area contributed by atoms with E-state index in [4.69, 9.17) is 9.72 Å². The van der Waals surface area contributed by atoms with Gasteiger partial charge in [-0.25, -0.2) is 36.5 Å². The van der Waals surface area contributed by atoms with Crippen LogP contribution in [0, 0.1) is 18.7 Å². The summed E-state index contributed by atoms with van der Waals surface area (Å²) in [6, 6.07) is 12.4. The zero-order chi connectivity index (χ0) is 31.1. The van der Waals surface area contributed by atoms with Gasteiger partial charge in [0.15, 0.2) is 5.82 Å². The molecule has 2 aromatic carbocycles. The first-order chi connectivity index (χ1) is 20.5. The highest BCUT2D eigenvalue weighted by Gasteiger charge is 2.22. The van der Waals surface area contributed by atoms with Gasteiger partial charge in [-0.3, -0.25) is 4.72 Å². The lowest BCUT2D eigenvalue weighted by molar-refractivity contribution is 0.0181. The molecule has 5 rings (SSSR count). The number of hydrogen-bond donors (Lipinski definition) is 4. The fraction of sp³-hybridized carbons (Fsp3) is 0.367. The number of piperidine rings is 1. The van der Waals surface area contributed by atoms with E-state index in [1.807, 2.05) is 6.07 Å². The third-order valence-electron chi connectivity index (χ3n) is 6.96. The number of anilines is 2. The molecule has 43 heavy (non-hydrogen) atoms. The van der Waals surface area contributed by atoms with Crippen molar-refractivity contribution in [2.75, 3.05) is 23.1 Å². The Bertz CT molecular complexity index is 1640. The van der Waals surface area contributed by atoms with Gasteiger partial charge in [0.05, 0.1) is 16.9 Å². The summed E-state index contributed by atoms with van der Waals surface area (Å²) in [5.74, 6) is -1.63. The maximum Gasteiger partial charge on any atom is 0.245 e. The first-order valence-corrected chi connectivity index (χ1v) is 15.1. The molecule has 1 fully saturated rings. The third kappa shape index (κ3) is 8.32. The van der Waals surface area contributed by atoms with Gasteiger partial charge in [0.1, 0.15) is 5.75 Å². The van der Waals surface area contributed by atoms with E-state index in [1.54, 1.807) is 48.8 Å². The predicted molar refractivity (Wildman–Crippen MR) is 163 cm³/mol. The molecule has 0 spiro atoms. The quantitative estimate of drug-likeness (QED) is 0.170. The number of nitrogens with one attached hydrogen (secondary N) is 3. The summed E-state index contributed by atoms with van der Waals surface area (Å²) in [4.78, 5) is 13.5. The van der Waals surface area contributed by atoms with Crippen LogP contribution in [0.5, 0.6) is 11.6 Å². The summed E-state index contributed by atoms with van der Waals surface area (Å²) < 4.78 is 69.3. The zero-order valence-electron chi connectivity index (χ0n) is 24.3. The lowest BCUT2D eigenvalue weighted by Gasteiger charge is -2.28. The molecular formula is C30H35F3N6O3S.